The zero-order valence-corrected chi connectivity index (χ0v) is 17.0. The van der Waals surface area contributed by atoms with Gasteiger partial charge in [0.1, 0.15) is 0 Å². The van der Waals surface area contributed by atoms with E-state index >= 15 is 0 Å². The van der Waals surface area contributed by atoms with E-state index in [2.05, 4.69) is 10.0 Å². The molecule has 148 valence electrons. The van der Waals surface area contributed by atoms with Crippen molar-refractivity contribution in [3.63, 3.8) is 0 Å². The molecule has 1 amide bonds. The van der Waals surface area contributed by atoms with Gasteiger partial charge in [0.05, 0.1) is 4.90 Å². The molecule has 27 heavy (non-hydrogen) atoms. The number of nitrogens with one attached hydrogen (secondary N) is 2. The topological polar surface area (TPSA) is 75.3 Å². The number of hydrogen-bond donors (Lipinski definition) is 2. The minimum absolute atomic E-state index is 0.0479. The van der Waals surface area contributed by atoms with Crippen molar-refractivity contribution in [3.05, 3.63) is 30.3 Å². The fourth-order valence-corrected chi connectivity index (χ4v) is 7.29. The molecule has 5 rings (SSSR count). The van der Waals surface area contributed by atoms with Crippen LogP contribution in [0.1, 0.15) is 52.4 Å². The zero-order valence-electron chi connectivity index (χ0n) is 16.1. The maximum absolute atomic E-state index is 12.7. The highest BCUT2D eigenvalue weighted by molar-refractivity contribution is 7.89. The Labute approximate surface area is 162 Å². The third-order valence-corrected chi connectivity index (χ3v) is 8.34. The van der Waals surface area contributed by atoms with E-state index in [9.17, 15) is 13.2 Å². The zero-order chi connectivity index (χ0) is 19.2. The number of benzene rings is 1. The summed E-state index contributed by atoms with van der Waals surface area (Å²) in [7, 11) is -3.64. The average Bonchev–Trinajstić information content (AvgIpc) is 2.57. The van der Waals surface area contributed by atoms with Gasteiger partial charge < -0.3 is 5.32 Å². The lowest BCUT2D eigenvalue weighted by molar-refractivity contribution is -0.126. The van der Waals surface area contributed by atoms with Crippen LogP contribution in [0, 0.1) is 23.7 Å². The molecule has 4 fully saturated rings. The number of rotatable bonds is 6. The van der Waals surface area contributed by atoms with Crippen molar-refractivity contribution in [1.29, 1.82) is 0 Å². The summed E-state index contributed by atoms with van der Waals surface area (Å²) in [4.78, 5) is 12.9. The van der Waals surface area contributed by atoms with Crippen molar-refractivity contribution in [2.24, 2.45) is 23.7 Å². The minimum atomic E-state index is -3.64. The Hall–Kier alpha value is -1.40. The first-order valence-electron chi connectivity index (χ1n) is 10.1. The number of hydrogen-bond acceptors (Lipinski definition) is 3. The first-order chi connectivity index (χ1) is 12.7. The van der Waals surface area contributed by atoms with Gasteiger partial charge >= 0.3 is 0 Å². The van der Waals surface area contributed by atoms with Crippen molar-refractivity contribution in [2.45, 2.75) is 68.8 Å². The normalized spacial score (nSPS) is 32.4. The predicted octanol–water partition coefficient (Wildman–Crippen LogP) is 3.07. The van der Waals surface area contributed by atoms with Crippen LogP contribution in [0.3, 0.4) is 0 Å². The molecule has 4 saturated carbocycles. The summed E-state index contributed by atoms with van der Waals surface area (Å²) in [6, 6.07) is 8.58. The highest BCUT2D eigenvalue weighted by Gasteiger charge is 2.48. The largest absolute Gasteiger partial charge is 0.353 e. The molecule has 0 aromatic heterocycles. The maximum Gasteiger partial charge on any atom is 0.241 e. The Kier molecular flexibility index (Phi) is 4.83. The molecule has 6 heteroatoms. The summed E-state index contributed by atoms with van der Waals surface area (Å²) in [5.41, 5.74) is -0.843. The molecule has 4 bridgehead atoms. The summed E-state index contributed by atoms with van der Waals surface area (Å²) >= 11 is 0. The Morgan fingerprint density at radius 2 is 1.56 bits per heavy atom. The van der Waals surface area contributed by atoms with Gasteiger partial charge in [-0.25, -0.2) is 13.1 Å². The standard InChI is InChI=1S/C21H30N2O3S/c1-21(2,23-27(25,26)18-6-4-3-5-7-18)13-19(24)22-20-16-9-14-8-15(11-16)12-17(20)10-14/h3-7,14-17,20,23H,8-13H2,1-2H3,(H,22,24). The monoisotopic (exact) mass is 390 g/mol. The second kappa shape index (κ2) is 6.89. The van der Waals surface area contributed by atoms with Gasteiger partial charge in [-0.05, 0) is 81.8 Å². The van der Waals surface area contributed by atoms with E-state index < -0.39 is 15.6 Å². The highest BCUT2D eigenvalue weighted by Crippen LogP contribution is 2.53. The molecule has 4 aliphatic carbocycles. The molecule has 0 spiro atoms. The van der Waals surface area contributed by atoms with E-state index in [0.29, 0.717) is 11.8 Å². The van der Waals surface area contributed by atoms with Crippen molar-refractivity contribution < 1.29 is 13.2 Å². The second-order valence-electron chi connectivity index (χ2n) is 9.50. The van der Waals surface area contributed by atoms with Crippen LogP contribution in [0.25, 0.3) is 0 Å². The molecule has 0 unspecified atom stereocenters. The molecule has 0 heterocycles. The molecular weight excluding hydrogens is 360 g/mol. The van der Waals surface area contributed by atoms with Crippen molar-refractivity contribution in [1.82, 2.24) is 10.0 Å². The molecule has 0 radical (unpaired) electrons. The second-order valence-corrected chi connectivity index (χ2v) is 11.2. The van der Waals surface area contributed by atoms with Crippen molar-refractivity contribution in [3.8, 4) is 0 Å². The highest BCUT2D eigenvalue weighted by atomic mass is 32.2. The maximum atomic E-state index is 12.7. The first kappa shape index (κ1) is 18.9. The molecule has 0 atom stereocenters. The quantitative estimate of drug-likeness (QED) is 0.784. The van der Waals surface area contributed by atoms with E-state index in [1.165, 1.54) is 32.1 Å². The van der Waals surface area contributed by atoms with E-state index in [0.717, 1.165) is 11.8 Å². The fourth-order valence-electron chi connectivity index (χ4n) is 5.86. The van der Waals surface area contributed by atoms with Gasteiger partial charge in [0.2, 0.25) is 15.9 Å². The lowest BCUT2D eigenvalue weighted by Crippen LogP contribution is -2.57. The van der Waals surface area contributed by atoms with Gasteiger partial charge in [-0.3, -0.25) is 4.79 Å². The van der Waals surface area contributed by atoms with Crippen LogP contribution in [-0.2, 0) is 14.8 Å². The summed E-state index contributed by atoms with van der Waals surface area (Å²) in [6.45, 7) is 3.54. The fraction of sp³-hybridized carbons (Fsp3) is 0.667. The molecule has 4 aliphatic rings. The molecule has 2 N–H and O–H groups in total. The third kappa shape index (κ3) is 4.06. The van der Waals surface area contributed by atoms with Gasteiger partial charge in [0, 0.05) is 18.0 Å². The summed E-state index contributed by atoms with van der Waals surface area (Å²) in [5, 5.41) is 3.27. The van der Waals surface area contributed by atoms with Gasteiger partial charge in [-0.15, -0.1) is 0 Å². The minimum Gasteiger partial charge on any atom is -0.353 e. The van der Waals surface area contributed by atoms with Gasteiger partial charge in [-0.1, -0.05) is 18.2 Å². The van der Waals surface area contributed by atoms with Crippen LogP contribution in [0.5, 0.6) is 0 Å². The van der Waals surface area contributed by atoms with E-state index in [4.69, 9.17) is 0 Å². The molecule has 1 aromatic carbocycles. The Morgan fingerprint density at radius 3 is 2.11 bits per heavy atom. The molecule has 0 saturated heterocycles. The lowest BCUT2D eigenvalue weighted by atomic mass is 9.54. The van der Waals surface area contributed by atoms with Gasteiger partial charge in [0.15, 0.2) is 0 Å². The molecule has 5 nitrogen and oxygen atoms in total. The molecule has 1 aromatic rings. The van der Waals surface area contributed by atoms with Gasteiger partial charge in [-0.2, -0.15) is 0 Å². The number of amides is 1. The molecule has 0 aliphatic heterocycles. The smallest absolute Gasteiger partial charge is 0.241 e. The number of carbonyl (C=O) groups excluding carboxylic acids is 1. The predicted molar refractivity (Wildman–Crippen MR) is 104 cm³/mol. The van der Waals surface area contributed by atoms with Crippen molar-refractivity contribution >= 4 is 15.9 Å². The number of sulfonamides is 1. The first-order valence-corrected chi connectivity index (χ1v) is 11.6. The molecular formula is C21H30N2O3S. The average molecular weight is 391 g/mol. The van der Waals surface area contributed by atoms with Crippen LogP contribution in [0.2, 0.25) is 0 Å². The summed E-state index contributed by atoms with van der Waals surface area (Å²) in [6.07, 6.45) is 6.54. The Balaban J connectivity index is 1.37. The van der Waals surface area contributed by atoms with Crippen LogP contribution < -0.4 is 10.0 Å². The number of carbonyl (C=O) groups is 1. The lowest BCUT2D eigenvalue weighted by Gasteiger charge is -2.54. The summed E-state index contributed by atoms with van der Waals surface area (Å²) < 4.78 is 27.8. The van der Waals surface area contributed by atoms with Crippen LogP contribution >= 0.6 is 0 Å². The van der Waals surface area contributed by atoms with Gasteiger partial charge in [0.25, 0.3) is 0 Å². The summed E-state index contributed by atoms with van der Waals surface area (Å²) in [5.74, 6) is 2.93. The Bertz CT molecular complexity index is 776. The Morgan fingerprint density at radius 1 is 1.00 bits per heavy atom. The SMILES string of the molecule is CC(C)(CC(=O)NC1C2CC3CC(C2)CC1C3)NS(=O)(=O)c1ccccc1. The van der Waals surface area contributed by atoms with E-state index in [1.807, 2.05) is 0 Å². The third-order valence-electron chi connectivity index (χ3n) is 6.62. The van der Waals surface area contributed by atoms with Crippen LogP contribution in [0.4, 0.5) is 0 Å². The van der Waals surface area contributed by atoms with Crippen LogP contribution in [-0.4, -0.2) is 25.9 Å². The van der Waals surface area contributed by atoms with E-state index in [-0.39, 0.29) is 23.3 Å². The van der Waals surface area contributed by atoms with Crippen molar-refractivity contribution in [2.75, 3.05) is 0 Å². The van der Waals surface area contributed by atoms with E-state index in [1.54, 1.807) is 44.2 Å². The van der Waals surface area contributed by atoms with Crippen LogP contribution in [0.15, 0.2) is 35.2 Å².